The van der Waals surface area contributed by atoms with Gasteiger partial charge in [0.2, 0.25) is 11.8 Å². The Morgan fingerprint density at radius 3 is 2.31 bits per heavy atom. The molecule has 0 saturated heterocycles. The Morgan fingerprint density at radius 1 is 1.00 bits per heavy atom. The number of ether oxygens (including phenoxy) is 1. The lowest BCUT2D eigenvalue weighted by molar-refractivity contribution is -0.127. The van der Waals surface area contributed by atoms with Gasteiger partial charge in [-0.25, -0.2) is 0 Å². The Kier molecular flexibility index (Phi) is 7.15. The van der Waals surface area contributed by atoms with Gasteiger partial charge in [-0.15, -0.1) is 0 Å². The van der Waals surface area contributed by atoms with Crippen LogP contribution in [0.5, 0.6) is 5.75 Å². The van der Waals surface area contributed by atoms with E-state index < -0.39 is 5.41 Å². The Bertz CT molecular complexity index is 1170. The third-order valence-corrected chi connectivity index (χ3v) is 6.54. The zero-order chi connectivity index (χ0) is 26.0. The number of anilines is 2. The van der Waals surface area contributed by atoms with Crippen molar-refractivity contribution in [1.82, 2.24) is 4.90 Å². The van der Waals surface area contributed by atoms with Crippen molar-refractivity contribution in [3.8, 4) is 5.75 Å². The molecule has 0 saturated carbocycles. The molecule has 0 unspecified atom stereocenters. The fourth-order valence-corrected chi connectivity index (χ4v) is 4.40. The van der Waals surface area contributed by atoms with E-state index in [1.54, 1.807) is 47.4 Å². The first-order valence-electron chi connectivity index (χ1n) is 12.4. The maximum Gasteiger partial charge on any atom is 0.261 e. The summed E-state index contributed by atoms with van der Waals surface area (Å²) in [7, 11) is 0. The zero-order valence-corrected chi connectivity index (χ0v) is 21.3. The predicted octanol–water partition coefficient (Wildman–Crippen LogP) is 4.50. The normalized spacial score (nSPS) is 16.5. The number of carbonyl (C=O) groups is 4. The van der Waals surface area contributed by atoms with Crippen LogP contribution in [0.25, 0.3) is 0 Å². The summed E-state index contributed by atoms with van der Waals surface area (Å²) < 4.78 is 5.96. The molecule has 2 heterocycles. The largest absolute Gasteiger partial charge is 0.490 e. The third kappa shape index (κ3) is 5.12. The highest BCUT2D eigenvalue weighted by Gasteiger charge is 2.38. The molecule has 0 radical (unpaired) electrons. The molecule has 0 atom stereocenters. The van der Waals surface area contributed by atoms with E-state index in [2.05, 4.69) is 19.2 Å². The summed E-state index contributed by atoms with van der Waals surface area (Å²) in [5, 5.41) is 2.88. The van der Waals surface area contributed by atoms with Gasteiger partial charge in [-0.2, -0.15) is 0 Å². The summed E-state index contributed by atoms with van der Waals surface area (Å²) in [5.41, 5.74) is 1.35. The molecule has 8 nitrogen and oxygen atoms in total. The maximum absolute atomic E-state index is 13.3. The molecule has 190 valence electrons. The maximum atomic E-state index is 13.3. The molecule has 2 aromatic carbocycles. The van der Waals surface area contributed by atoms with Crippen molar-refractivity contribution < 1.29 is 23.9 Å². The summed E-state index contributed by atoms with van der Waals surface area (Å²) in [6.07, 6.45) is 1.33. The standard InChI is InChI=1S/C28H33N3O5/c1-18(2)13-15-30-22-16-19(11-12-23(22)36-17-28(3,4)27(30)35)29-24(32)10-7-14-31-25(33)20-8-5-6-9-21(20)26(31)34/h5-6,8-9,11-12,16,18H,7,10,13-15,17H2,1-4H3,(H,29,32). The van der Waals surface area contributed by atoms with Crippen molar-refractivity contribution in [2.45, 2.75) is 47.0 Å². The molecule has 0 fully saturated rings. The number of nitrogens with one attached hydrogen (secondary N) is 1. The molecule has 4 amide bonds. The Balaban J connectivity index is 1.40. The monoisotopic (exact) mass is 491 g/mol. The van der Waals surface area contributed by atoms with Gasteiger partial charge >= 0.3 is 0 Å². The van der Waals surface area contributed by atoms with Gasteiger partial charge in [0.25, 0.3) is 11.8 Å². The van der Waals surface area contributed by atoms with Crippen molar-refractivity contribution >= 4 is 35.0 Å². The lowest BCUT2D eigenvalue weighted by Crippen LogP contribution is -2.42. The van der Waals surface area contributed by atoms with E-state index in [0.29, 0.717) is 47.1 Å². The van der Waals surface area contributed by atoms with E-state index in [1.165, 1.54) is 4.90 Å². The van der Waals surface area contributed by atoms with Crippen LogP contribution in [0.3, 0.4) is 0 Å². The molecule has 0 spiro atoms. The van der Waals surface area contributed by atoms with E-state index in [0.717, 1.165) is 6.42 Å². The van der Waals surface area contributed by atoms with Gasteiger partial charge in [0.1, 0.15) is 12.4 Å². The summed E-state index contributed by atoms with van der Waals surface area (Å²) >= 11 is 0. The number of nitrogens with zero attached hydrogens (tertiary/aromatic N) is 2. The van der Waals surface area contributed by atoms with Crippen molar-refractivity contribution in [2.24, 2.45) is 11.3 Å². The molecule has 4 rings (SSSR count). The molecule has 36 heavy (non-hydrogen) atoms. The van der Waals surface area contributed by atoms with Crippen LogP contribution in [0.4, 0.5) is 11.4 Å². The van der Waals surface area contributed by atoms with E-state index in [4.69, 9.17) is 4.74 Å². The number of fused-ring (bicyclic) bond motifs is 2. The van der Waals surface area contributed by atoms with Crippen LogP contribution in [0, 0.1) is 11.3 Å². The van der Waals surface area contributed by atoms with Gasteiger partial charge in [0.15, 0.2) is 0 Å². The van der Waals surface area contributed by atoms with Gasteiger partial charge in [-0.1, -0.05) is 26.0 Å². The summed E-state index contributed by atoms with van der Waals surface area (Å²) in [5.74, 6) is 0.152. The molecular weight excluding hydrogens is 458 g/mol. The van der Waals surface area contributed by atoms with Crippen molar-refractivity contribution in [3.05, 3.63) is 53.6 Å². The fourth-order valence-electron chi connectivity index (χ4n) is 4.40. The first-order chi connectivity index (χ1) is 17.1. The lowest BCUT2D eigenvalue weighted by Gasteiger charge is -2.28. The molecule has 8 heteroatoms. The second-order valence-corrected chi connectivity index (χ2v) is 10.5. The second-order valence-electron chi connectivity index (χ2n) is 10.5. The first kappa shape index (κ1) is 25.4. The average molecular weight is 492 g/mol. The number of imide groups is 1. The molecule has 2 aliphatic heterocycles. The highest BCUT2D eigenvalue weighted by atomic mass is 16.5. The van der Waals surface area contributed by atoms with Crippen LogP contribution in [0.2, 0.25) is 0 Å². The van der Waals surface area contributed by atoms with Crippen LogP contribution < -0.4 is 15.0 Å². The van der Waals surface area contributed by atoms with E-state index in [9.17, 15) is 19.2 Å². The molecule has 2 aliphatic rings. The van der Waals surface area contributed by atoms with Gasteiger partial charge in [0, 0.05) is 25.2 Å². The van der Waals surface area contributed by atoms with E-state index in [-0.39, 0.29) is 43.2 Å². The predicted molar refractivity (Wildman–Crippen MR) is 137 cm³/mol. The van der Waals surface area contributed by atoms with Gasteiger partial charge in [-0.05, 0) is 62.9 Å². The first-order valence-corrected chi connectivity index (χ1v) is 12.4. The highest BCUT2D eigenvalue weighted by Crippen LogP contribution is 2.38. The van der Waals surface area contributed by atoms with Crippen molar-refractivity contribution in [1.29, 1.82) is 0 Å². The van der Waals surface area contributed by atoms with Gasteiger partial charge < -0.3 is 15.0 Å². The minimum absolute atomic E-state index is 0.00804. The zero-order valence-electron chi connectivity index (χ0n) is 21.3. The number of hydrogen-bond donors (Lipinski definition) is 1. The SMILES string of the molecule is CC(C)CCN1C(=O)C(C)(C)COc2ccc(NC(=O)CCCN3C(=O)c4ccccc4C3=O)cc21. The van der Waals surface area contributed by atoms with Crippen LogP contribution in [-0.4, -0.2) is 48.2 Å². The Labute approximate surface area is 211 Å². The molecule has 0 aromatic heterocycles. The van der Waals surface area contributed by atoms with E-state index in [1.807, 2.05) is 13.8 Å². The molecule has 0 bridgehead atoms. The number of carbonyl (C=O) groups excluding carboxylic acids is 4. The molecule has 1 N–H and O–H groups in total. The topological polar surface area (TPSA) is 96.0 Å². The van der Waals surface area contributed by atoms with Crippen molar-refractivity contribution in [2.75, 3.05) is 29.9 Å². The lowest BCUT2D eigenvalue weighted by atomic mass is 9.92. The molecule has 0 aliphatic carbocycles. The molecular formula is C28H33N3O5. The van der Waals surface area contributed by atoms with Crippen LogP contribution in [-0.2, 0) is 9.59 Å². The summed E-state index contributed by atoms with van der Waals surface area (Å²) in [6, 6.07) is 12.0. The Morgan fingerprint density at radius 2 is 1.67 bits per heavy atom. The highest BCUT2D eigenvalue weighted by molar-refractivity contribution is 6.21. The second kappa shape index (κ2) is 10.1. The van der Waals surface area contributed by atoms with Gasteiger partial charge in [-0.3, -0.25) is 24.1 Å². The number of rotatable bonds is 8. The smallest absolute Gasteiger partial charge is 0.261 e. The minimum Gasteiger partial charge on any atom is -0.490 e. The van der Waals surface area contributed by atoms with E-state index >= 15 is 0 Å². The average Bonchev–Trinajstić information content (AvgIpc) is 3.02. The van der Waals surface area contributed by atoms with Crippen LogP contribution >= 0.6 is 0 Å². The summed E-state index contributed by atoms with van der Waals surface area (Å²) in [6.45, 7) is 8.99. The number of hydrogen-bond acceptors (Lipinski definition) is 5. The number of benzene rings is 2. The quantitative estimate of drug-likeness (QED) is 0.549. The van der Waals surface area contributed by atoms with Crippen molar-refractivity contribution in [3.63, 3.8) is 0 Å². The number of amides is 4. The van der Waals surface area contributed by atoms with Crippen LogP contribution in [0.1, 0.15) is 67.7 Å². The molecule has 2 aromatic rings. The minimum atomic E-state index is -0.663. The van der Waals surface area contributed by atoms with Gasteiger partial charge in [0.05, 0.1) is 22.2 Å². The van der Waals surface area contributed by atoms with Crippen LogP contribution in [0.15, 0.2) is 42.5 Å². The third-order valence-electron chi connectivity index (χ3n) is 6.54. The Hall–Kier alpha value is -3.68. The fraction of sp³-hybridized carbons (Fsp3) is 0.429. The summed E-state index contributed by atoms with van der Waals surface area (Å²) in [4.78, 5) is 53.9.